The summed E-state index contributed by atoms with van der Waals surface area (Å²) in [6, 6.07) is 3.61. The predicted octanol–water partition coefficient (Wildman–Crippen LogP) is 3.26. The Balaban J connectivity index is 2.31. The summed E-state index contributed by atoms with van der Waals surface area (Å²) >= 11 is 15.5. The zero-order valence-electron chi connectivity index (χ0n) is 9.28. The van der Waals surface area contributed by atoms with Crippen LogP contribution in [0, 0.1) is 0 Å². The molecule has 0 radical (unpaired) electrons. The highest BCUT2D eigenvalue weighted by Gasteiger charge is 2.11. The molecule has 0 fully saturated rings. The molecule has 1 heterocycles. The molecule has 1 N–H and O–H groups in total. The maximum absolute atomic E-state index is 8.76. The summed E-state index contributed by atoms with van der Waals surface area (Å²) in [4.78, 5) is 0. The van der Waals surface area contributed by atoms with Gasteiger partial charge >= 0.3 is 0 Å². The van der Waals surface area contributed by atoms with Gasteiger partial charge < -0.3 is 5.11 Å². The van der Waals surface area contributed by atoms with Crippen LogP contribution in [-0.4, -0.2) is 26.7 Å². The maximum Gasteiger partial charge on any atom is 0.0865 e. The van der Waals surface area contributed by atoms with Crippen molar-refractivity contribution >= 4 is 39.1 Å². The molecule has 0 aliphatic carbocycles. The molecule has 0 aliphatic heterocycles. The van der Waals surface area contributed by atoms with E-state index >= 15 is 0 Å². The minimum Gasteiger partial charge on any atom is -0.396 e. The second kappa shape index (κ2) is 6.02. The minimum atomic E-state index is 0.137. The molecule has 0 saturated carbocycles. The number of benzene rings is 1. The average molecular weight is 351 g/mol. The second-order valence-corrected chi connectivity index (χ2v) is 5.29. The first kappa shape index (κ1) is 13.8. The lowest BCUT2D eigenvalue weighted by atomic mass is 10.2. The summed E-state index contributed by atoms with van der Waals surface area (Å²) in [5, 5.41) is 17.6. The van der Waals surface area contributed by atoms with Crippen molar-refractivity contribution < 1.29 is 5.11 Å². The third-order valence-electron chi connectivity index (χ3n) is 2.39. The molecule has 0 unspecified atom stereocenters. The van der Waals surface area contributed by atoms with Crippen LogP contribution in [0.2, 0.25) is 10.0 Å². The Morgan fingerprint density at radius 3 is 2.78 bits per heavy atom. The normalized spacial score (nSPS) is 10.9. The van der Waals surface area contributed by atoms with Crippen molar-refractivity contribution in [3.8, 4) is 5.69 Å². The Bertz CT molecular complexity index is 559. The van der Waals surface area contributed by atoms with Gasteiger partial charge in [0.2, 0.25) is 0 Å². The topological polar surface area (TPSA) is 50.9 Å². The molecule has 18 heavy (non-hydrogen) atoms. The Morgan fingerprint density at radius 2 is 2.06 bits per heavy atom. The van der Waals surface area contributed by atoms with Crippen LogP contribution >= 0.6 is 39.1 Å². The standard InChI is InChI=1S/C11H10BrCl2N3O/c12-8-3-4-9(11(14)10(8)13)17-6-7(15-16-17)2-1-5-18/h3-4,6,18H,1-2,5H2. The van der Waals surface area contributed by atoms with Crippen LogP contribution in [0.15, 0.2) is 22.8 Å². The molecule has 2 aromatic rings. The zero-order chi connectivity index (χ0) is 13.1. The maximum atomic E-state index is 8.76. The fraction of sp³-hybridized carbons (Fsp3) is 0.273. The Kier molecular flexibility index (Phi) is 4.61. The number of aliphatic hydroxyl groups is 1. The monoisotopic (exact) mass is 349 g/mol. The summed E-state index contributed by atoms with van der Waals surface area (Å²) in [6.07, 6.45) is 3.12. The van der Waals surface area contributed by atoms with Gasteiger partial charge in [0, 0.05) is 11.1 Å². The Labute approximate surface area is 123 Å². The first-order valence-corrected chi connectivity index (χ1v) is 6.84. The van der Waals surface area contributed by atoms with E-state index in [1.54, 1.807) is 16.9 Å². The van der Waals surface area contributed by atoms with E-state index in [1.165, 1.54) is 0 Å². The number of hydrogen-bond acceptors (Lipinski definition) is 3. The van der Waals surface area contributed by atoms with Crippen molar-refractivity contribution in [2.75, 3.05) is 6.61 Å². The number of rotatable bonds is 4. The largest absolute Gasteiger partial charge is 0.396 e. The van der Waals surface area contributed by atoms with Gasteiger partial charge in [-0.15, -0.1) is 5.10 Å². The summed E-state index contributed by atoms with van der Waals surface area (Å²) in [5.74, 6) is 0. The molecule has 0 saturated heterocycles. The molecular weight excluding hydrogens is 341 g/mol. The third kappa shape index (κ3) is 2.85. The van der Waals surface area contributed by atoms with Crippen LogP contribution in [-0.2, 0) is 6.42 Å². The SMILES string of the molecule is OCCCc1cn(-c2ccc(Br)c(Cl)c2Cl)nn1. The first-order valence-electron chi connectivity index (χ1n) is 5.29. The lowest BCUT2D eigenvalue weighted by Crippen LogP contribution is -1.96. The fourth-order valence-electron chi connectivity index (χ4n) is 1.48. The van der Waals surface area contributed by atoms with E-state index in [0.717, 1.165) is 10.2 Å². The molecular formula is C11H10BrCl2N3O. The van der Waals surface area contributed by atoms with E-state index in [4.69, 9.17) is 28.3 Å². The van der Waals surface area contributed by atoms with E-state index in [1.807, 2.05) is 6.07 Å². The average Bonchev–Trinajstić information content (AvgIpc) is 2.82. The first-order chi connectivity index (χ1) is 8.63. The minimum absolute atomic E-state index is 0.137. The lowest BCUT2D eigenvalue weighted by molar-refractivity contribution is 0.288. The number of nitrogens with zero attached hydrogens (tertiary/aromatic N) is 3. The summed E-state index contributed by atoms with van der Waals surface area (Å²) in [5.41, 5.74) is 1.48. The van der Waals surface area contributed by atoms with Gasteiger partial charge in [0.1, 0.15) is 0 Å². The molecule has 0 spiro atoms. The van der Waals surface area contributed by atoms with Crippen LogP contribution in [0.25, 0.3) is 5.69 Å². The van der Waals surface area contributed by atoms with Crippen molar-refractivity contribution in [1.82, 2.24) is 15.0 Å². The van der Waals surface area contributed by atoms with Crippen LogP contribution in [0.5, 0.6) is 0 Å². The van der Waals surface area contributed by atoms with Crippen LogP contribution in [0.1, 0.15) is 12.1 Å². The van der Waals surface area contributed by atoms with E-state index in [0.29, 0.717) is 28.6 Å². The van der Waals surface area contributed by atoms with Crippen LogP contribution in [0.3, 0.4) is 0 Å². The fourth-order valence-corrected chi connectivity index (χ4v) is 2.34. The molecule has 0 bridgehead atoms. The molecule has 96 valence electrons. The summed E-state index contributed by atoms with van der Waals surface area (Å²) in [7, 11) is 0. The highest BCUT2D eigenvalue weighted by molar-refractivity contribution is 9.10. The zero-order valence-corrected chi connectivity index (χ0v) is 12.4. The summed E-state index contributed by atoms with van der Waals surface area (Å²) in [6.45, 7) is 0.137. The molecule has 1 aromatic carbocycles. The van der Waals surface area contributed by atoms with E-state index in [9.17, 15) is 0 Å². The van der Waals surface area contributed by atoms with E-state index in [2.05, 4.69) is 26.2 Å². The number of hydrogen-bond donors (Lipinski definition) is 1. The van der Waals surface area contributed by atoms with Crippen molar-refractivity contribution in [2.45, 2.75) is 12.8 Å². The lowest BCUT2D eigenvalue weighted by Gasteiger charge is -2.06. The van der Waals surface area contributed by atoms with E-state index < -0.39 is 0 Å². The number of aromatic nitrogens is 3. The molecule has 2 rings (SSSR count). The van der Waals surface area contributed by atoms with Crippen molar-refractivity contribution in [2.24, 2.45) is 0 Å². The van der Waals surface area contributed by atoms with E-state index in [-0.39, 0.29) is 6.61 Å². The van der Waals surface area contributed by atoms with Gasteiger partial charge in [0.25, 0.3) is 0 Å². The summed E-state index contributed by atoms with van der Waals surface area (Å²) < 4.78 is 2.31. The Morgan fingerprint density at radius 1 is 1.28 bits per heavy atom. The van der Waals surface area contributed by atoms with Gasteiger partial charge in [-0.25, -0.2) is 4.68 Å². The molecule has 7 heteroatoms. The number of aryl methyl sites for hydroxylation is 1. The molecule has 4 nitrogen and oxygen atoms in total. The Hall–Kier alpha value is -0.620. The predicted molar refractivity (Wildman–Crippen MR) is 74.5 cm³/mol. The van der Waals surface area contributed by atoms with Crippen LogP contribution in [0.4, 0.5) is 0 Å². The molecule has 0 amide bonds. The van der Waals surface area contributed by atoms with Crippen LogP contribution < -0.4 is 0 Å². The quantitative estimate of drug-likeness (QED) is 0.861. The number of halogens is 3. The van der Waals surface area contributed by atoms with Gasteiger partial charge in [-0.05, 0) is 40.9 Å². The van der Waals surface area contributed by atoms with Gasteiger partial charge in [0.05, 0.1) is 27.6 Å². The van der Waals surface area contributed by atoms with Crippen molar-refractivity contribution in [3.63, 3.8) is 0 Å². The van der Waals surface area contributed by atoms with Gasteiger partial charge in [-0.3, -0.25) is 0 Å². The molecule has 0 aliphatic rings. The van der Waals surface area contributed by atoms with Gasteiger partial charge in [-0.1, -0.05) is 28.4 Å². The van der Waals surface area contributed by atoms with Gasteiger partial charge in [0.15, 0.2) is 0 Å². The van der Waals surface area contributed by atoms with Gasteiger partial charge in [-0.2, -0.15) is 0 Å². The smallest absolute Gasteiger partial charge is 0.0865 e. The third-order valence-corrected chi connectivity index (χ3v) is 4.15. The highest BCUT2D eigenvalue weighted by Crippen LogP contribution is 2.34. The van der Waals surface area contributed by atoms with Crippen molar-refractivity contribution in [3.05, 3.63) is 38.5 Å². The second-order valence-electron chi connectivity index (χ2n) is 3.68. The highest BCUT2D eigenvalue weighted by atomic mass is 79.9. The molecule has 1 aromatic heterocycles. The molecule has 0 atom stereocenters. The number of aliphatic hydroxyl groups excluding tert-OH is 1. The van der Waals surface area contributed by atoms with Crippen molar-refractivity contribution in [1.29, 1.82) is 0 Å².